The minimum Gasteiger partial charge on any atom is -1.00 e. The number of carboxylic acid groups (broad SMARTS) is 4. The molecule has 74 valence electrons. The number of hydrogen-bond acceptors (Lipinski definition) is 8. The Morgan fingerprint density at radius 1 is 0.615 bits per heavy atom. The van der Waals surface area contributed by atoms with E-state index in [1.165, 1.54) is 0 Å². The second-order valence-electron chi connectivity index (χ2n) is 0.385. The van der Waals surface area contributed by atoms with E-state index in [9.17, 15) is 0 Å². The molecule has 0 amide bonds. The van der Waals surface area contributed by atoms with Gasteiger partial charge in [-0.3, -0.25) is 0 Å². The monoisotopic (exact) mass is 204 g/mol. The van der Waals surface area contributed by atoms with Crippen LogP contribution in [0.15, 0.2) is 0 Å². The van der Waals surface area contributed by atoms with E-state index in [2.05, 4.69) is 0 Å². The predicted octanol–water partition coefficient (Wildman–Crippen LogP) is -9.42. The first kappa shape index (κ1) is 29.7. The molecule has 13 heavy (non-hydrogen) atoms. The minimum absolute atomic E-state index is 0. The summed E-state index contributed by atoms with van der Waals surface area (Å²) in [7, 11) is 0. The molecule has 0 atom stereocenters. The number of carbonyl (C=O) groups excluding carboxylic acids is 4. The Morgan fingerprint density at radius 2 is 0.615 bits per heavy atom. The van der Waals surface area contributed by atoms with Crippen molar-refractivity contribution in [3.8, 4) is 0 Å². The molecule has 0 aliphatic heterocycles. The van der Waals surface area contributed by atoms with Gasteiger partial charge in [0.1, 0.15) is 0 Å². The third-order valence-corrected chi connectivity index (χ3v) is 0. The topological polar surface area (TPSA) is 161 Å². The molecule has 0 aromatic heterocycles. The zero-order chi connectivity index (χ0) is 10.8. The van der Waals surface area contributed by atoms with Crippen molar-refractivity contribution in [1.29, 1.82) is 0 Å². The van der Waals surface area contributed by atoms with Gasteiger partial charge >= 0.3 is 29.6 Å². The Kier molecular flexibility index (Phi) is 293. The summed E-state index contributed by atoms with van der Waals surface area (Å²) in [4.78, 5) is 33.0. The van der Waals surface area contributed by atoms with Gasteiger partial charge in [-0.2, -0.15) is 0 Å². The van der Waals surface area contributed by atoms with Crippen LogP contribution in [-0.4, -0.2) is 25.9 Å². The Labute approximate surface area is 96.6 Å². The van der Waals surface area contributed by atoms with Gasteiger partial charge in [-0.15, -0.1) is 0 Å². The molecule has 9 heteroatoms. The Morgan fingerprint density at radius 3 is 0.615 bits per heavy atom. The number of carbonyl (C=O) groups is 4. The van der Waals surface area contributed by atoms with Crippen LogP contribution in [0.5, 0.6) is 0 Å². The molecule has 0 spiro atoms. The van der Waals surface area contributed by atoms with Gasteiger partial charge in [0.15, 0.2) is 0 Å². The second kappa shape index (κ2) is 128. The van der Waals surface area contributed by atoms with E-state index in [1.54, 1.807) is 0 Å². The molecule has 0 heterocycles. The fourth-order valence-corrected chi connectivity index (χ4v) is 0. The van der Waals surface area contributed by atoms with Crippen LogP contribution in [0.25, 0.3) is 0 Å². The van der Waals surface area contributed by atoms with E-state index >= 15 is 0 Å². The van der Waals surface area contributed by atoms with Crippen molar-refractivity contribution in [2.24, 2.45) is 0 Å². The quantitative estimate of drug-likeness (QED) is 0.277. The fourth-order valence-electron chi connectivity index (χ4n) is 0. The van der Waals surface area contributed by atoms with E-state index in [1.807, 2.05) is 0 Å². The molecule has 0 aromatic carbocycles. The first-order chi connectivity index (χ1) is 5.66. The summed E-state index contributed by atoms with van der Waals surface area (Å²) < 4.78 is 0. The van der Waals surface area contributed by atoms with Crippen LogP contribution in [0.2, 0.25) is 0 Å². The normalized spacial score (nSPS) is 3.69. The average Bonchev–Trinajstić information content (AvgIpc) is 1.92. The van der Waals surface area contributed by atoms with Crippen LogP contribution in [0, 0.1) is 0 Å². The Hall–Kier alpha value is -1.12. The van der Waals surface area contributed by atoms with Crippen molar-refractivity contribution in [1.82, 2.24) is 0 Å². The van der Waals surface area contributed by atoms with E-state index in [0.717, 1.165) is 0 Å². The van der Waals surface area contributed by atoms with Crippen molar-refractivity contribution in [2.45, 2.75) is 0 Å². The van der Waals surface area contributed by atoms with Crippen LogP contribution in [0.1, 0.15) is 1.43 Å². The SMILES string of the molecule is O=C[O-].O=C[O-].O=C[O-].O=C[O-].[H-].[Na+]. The molecule has 0 rings (SSSR count). The number of hydrogen-bond donors (Lipinski definition) is 0. The maximum Gasteiger partial charge on any atom is 1.00 e. The van der Waals surface area contributed by atoms with E-state index in [-0.39, 0.29) is 31.0 Å². The summed E-state index contributed by atoms with van der Waals surface area (Å²) in [6.45, 7) is -2.00. The average molecular weight is 204 g/mol. The van der Waals surface area contributed by atoms with Gasteiger partial charge in [0.25, 0.3) is 0 Å². The third-order valence-electron chi connectivity index (χ3n) is 0. The smallest absolute Gasteiger partial charge is 1.00 e. The zero-order valence-corrected chi connectivity index (χ0v) is 8.58. The molecule has 0 fully saturated rings. The van der Waals surface area contributed by atoms with Crippen molar-refractivity contribution in [3.63, 3.8) is 0 Å². The molecule has 0 unspecified atom stereocenters. The van der Waals surface area contributed by atoms with Gasteiger partial charge in [-0.1, -0.05) is 0 Å². The standard InChI is InChI=1S/4CH2O2.Na.H/c4*2-1-3;;/h4*1H,(H,2,3);;/q;;;;+1;-1/p-4. The minimum atomic E-state index is -0.500. The molecule has 0 saturated carbocycles. The first-order valence-corrected chi connectivity index (χ1v) is 1.89. The summed E-state index contributed by atoms with van der Waals surface area (Å²) in [5.74, 6) is 0. The van der Waals surface area contributed by atoms with Crippen molar-refractivity contribution in [3.05, 3.63) is 0 Å². The maximum atomic E-state index is 8.25. The maximum absolute atomic E-state index is 8.25. The fraction of sp³-hybridized carbons (Fsp3) is 0. The first-order valence-electron chi connectivity index (χ1n) is 1.89. The van der Waals surface area contributed by atoms with Crippen LogP contribution in [-0.2, 0) is 19.2 Å². The number of rotatable bonds is 0. The molecule has 0 aliphatic carbocycles. The van der Waals surface area contributed by atoms with Gasteiger partial charge in [-0.25, -0.2) is 0 Å². The third kappa shape index (κ3) is 684. The molecule has 0 aromatic rings. The summed E-state index contributed by atoms with van der Waals surface area (Å²) >= 11 is 0. The molecule has 0 radical (unpaired) electrons. The van der Waals surface area contributed by atoms with Crippen molar-refractivity contribution < 1.29 is 70.6 Å². The van der Waals surface area contributed by atoms with Gasteiger partial charge in [-0.05, 0) is 0 Å². The molecule has 0 bridgehead atoms. The zero-order valence-electron chi connectivity index (χ0n) is 7.58. The molecule has 0 saturated heterocycles. The summed E-state index contributed by atoms with van der Waals surface area (Å²) in [5, 5.41) is 33.0. The molecular formula is C4H5NaO8-4. The van der Waals surface area contributed by atoms with Crippen LogP contribution < -0.4 is 50.0 Å². The Bertz CT molecular complexity index is 75.3. The second-order valence-corrected chi connectivity index (χ2v) is 0.385. The van der Waals surface area contributed by atoms with Gasteiger partial charge in [0.05, 0.1) is 0 Å². The summed E-state index contributed by atoms with van der Waals surface area (Å²) in [6, 6.07) is 0. The molecular weight excluding hydrogens is 199 g/mol. The van der Waals surface area contributed by atoms with Crippen LogP contribution in [0.3, 0.4) is 0 Å². The molecule has 0 aliphatic rings. The van der Waals surface area contributed by atoms with Crippen LogP contribution in [0.4, 0.5) is 0 Å². The van der Waals surface area contributed by atoms with Crippen molar-refractivity contribution in [2.75, 3.05) is 0 Å². The van der Waals surface area contributed by atoms with Gasteiger partial charge < -0.3 is 41.0 Å². The molecule has 0 N–H and O–H groups in total. The van der Waals surface area contributed by atoms with Gasteiger partial charge in [0.2, 0.25) is 0 Å². The van der Waals surface area contributed by atoms with E-state index < -0.39 is 25.9 Å². The molecule has 8 nitrogen and oxygen atoms in total. The predicted molar refractivity (Wildman–Crippen MR) is 25.4 cm³/mol. The summed E-state index contributed by atoms with van der Waals surface area (Å²) in [6.07, 6.45) is 0. The Balaban J connectivity index is -0.0000000145. The van der Waals surface area contributed by atoms with E-state index in [4.69, 9.17) is 39.6 Å². The largest absolute Gasteiger partial charge is 1.00 e. The van der Waals surface area contributed by atoms with Crippen LogP contribution >= 0.6 is 0 Å². The summed E-state index contributed by atoms with van der Waals surface area (Å²) in [5.41, 5.74) is 0. The van der Waals surface area contributed by atoms with Crippen molar-refractivity contribution >= 4 is 25.9 Å². The van der Waals surface area contributed by atoms with Gasteiger partial charge in [0, 0.05) is 25.9 Å². The van der Waals surface area contributed by atoms with E-state index in [0.29, 0.717) is 0 Å².